The second kappa shape index (κ2) is 15.6. The molecule has 3 aromatic carbocycles. The van der Waals surface area contributed by atoms with Crippen LogP contribution in [0, 0.1) is 5.92 Å². The molecule has 0 bridgehead atoms. The second-order valence-electron chi connectivity index (χ2n) is 12.2. The van der Waals surface area contributed by atoms with Crippen molar-refractivity contribution >= 4 is 44.1 Å². The predicted molar refractivity (Wildman–Crippen MR) is 181 cm³/mol. The number of amides is 3. The van der Waals surface area contributed by atoms with Crippen molar-refractivity contribution in [3.63, 3.8) is 0 Å². The average Bonchev–Trinajstić information content (AvgIpc) is 3.01. The van der Waals surface area contributed by atoms with Crippen molar-refractivity contribution in [1.29, 1.82) is 0 Å². The van der Waals surface area contributed by atoms with E-state index in [1.54, 1.807) is 35.9 Å². The molecule has 0 aliphatic carbocycles. The number of aliphatic hydroxyl groups excluding tert-OH is 1. The molecule has 3 N–H and O–H groups in total. The number of sulfonamides is 1. The number of rotatable bonds is 7. The molecule has 0 fully saturated rings. The lowest BCUT2D eigenvalue weighted by Gasteiger charge is -2.35. The Morgan fingerprint density at radius 2 is 1.85 bits per heavy atom. The molecule has 4 rings (SSSR count). The number of aliphatic hydroxyl groups is 1. The summed E-state index contributed by atoms with van der Waals surface area (Å²) in [7, 11) is -1.88. The van der Waals surface area contributed by atoms with E-state index in [2.05, 4.69) is 10.0 Å². The van der Waals surface area contributed by atoms with E-state index in [1.165, 1.54) is 6.07 Å². The van der Waals surface area contributed by atoms with Crippen molar-refractivity contribution in [3.05, 3.63) is 66.2 Å². The average molecular weight is 655 g/mol. The normalized spacial score (nSPS) is 20.6. The van der Waals surface area contributed by atoms with Crippen molar-refractivity contribution in [2.24, 2.45) is 5.92 Å². The maximum Gasteiger partial charge on any atom is 0.321 e. The zero-order valence-corrected chi connectivity index (χ0v) is 28.0. The van der Waals surface area contributed by atoms with E-state index >= 15 is 0 Å². The van der Waals surface area contributed by atoms with Gasteiger partial charge in [-0.3, -0.25) is 9.52 Å². The first-order chi connectivity index (χ1) is 21.9. The smallest absolute Gasteiger partial charge is 0.321 e. The lowest BCUT2D eigenvalue weighted by molar-refractivity contribution is -0.0115. The molecule has 46 heavy (non-hydrogen) atoms. The van der Waals surface area contributed by atoms with Gasteiger partial charge in [-0.25, -0.2) is 13.2 Å². The van der Waals surface area contributed by atoms with Gasteiger partial charge in [-0.1, -0.05) is 43.3 Å². The number of carbonyl (C=O) groups excluding carboxylic acids is 2. The molecule has 1 heterocycles. The van der Waals surface area contributed by atoms with Gasteiger partial charge in [-0.15, -0.1) is 0 Å². The minimum Gasteiger partial charge on any atom is -0.490 e. The van der Waals surface area contributed by atoms with Crippen LogP contribution in [0.2, 0.25) is 0 Å². The van der Waals surface area contributed by atoms with Gasteiger partial charge < -0.3 is 29.7 Å². The van der Waals surface area contributed by atoms with E-state index in [-0.39, 0.29) is 49.0 Å². The fourth-order valence-corrected chi connectivity index (χ4v) is 6.12. The second-order valence-corrected chi connectivity index (χ2v) is 14.0. The van der Waals surface area contributed by atoms with Gasteiger partial charge in [-0.05, 0) is 62.8 Å². The zero-order valence-electron chi connectivity index (χ0n) is 27.2. The van der Waals surface area contributed by atoms with Crippen LogP contribution in [0.3, 0.4) is 0 Å². The summed E-state index contributed by atoms with van der Waals surface area (Å²) < 4.78 is 38.9. The van der Waals surface area contributed by atoms with Gasteiger partial charge in [0.05, 0.1) is 42.4 Å². The van der Waals surface area contributed by atoms with Gasteiger partial charge in [-0.2, -0.15) is 0 Å². The van der Waals surface area contributed by atoms with Gasteiger partial charge in [0.2, 0.25) is 10.0 Å². The minimum absolute atomic E-state index is 0.189. The first kappa shape index (κ1) is 35.0. The molecule has 1 aliphatic heterocycles. The SMILES string of the molecule is C[C@@H]1CCCCO[C@H](CN(C)C(=O)Nc2cccc3ccccc23)[C@H](C)CN([C@@H](C)CO)C(=O)c2cc(NS(C)(=O)=O)ccc2O1. The lowest BCUT2D eigenvalue weighted by atomic mass is 10.0. The van der Waals surface area contributed by atoms with Crippen LogP contribution >= 0.6 is 0 Å². The fourth-order valence-electron chi connectivity index (χ4n) is 5.56. The molecule has 12 heteroatoms. The number of fused-ring (bicyclic) bond motifs is 2. The molecular weight excluding hydrogens is 608 g/mol. The number of hydrogen-bond donors (Lipinski definition) is 3. The summed E-state index contributed by atoms with van der Waals surface area (Å²) >= 11 is 0. The third-order valence-electron chi connectivity index (χ3n) is 8.19. The van der Waals surface area contributed by atoms with E-state index in [4.69, 9.17) is 9.47 Å². The minimum atomic E-state index is -3.59. The van der Waals surface area contributed by atoms with Crippen LogP contribution in [0.5, 0.6) is 5.75 Å². The van der Waals surface area contributed by atoms with Gasteiger partial charge in [0, 0.05) is 43.7 Å². The van der Waals surface area contributed by atoms with Crippen molar-refractivity contribution in [1.82, 2.24) is 9.80 Å². The monoisotopic (exact) mass is 654 g/mol. The molecule has 0 saturated heterocycles. The van der Waals surface area contributed by atoms with Crippen LogP contribution < -0.4 is 14.8 Å². The van der Waals surface area contributed by atoms with E-state index in [9.17, 15) is 23.1 Å². The van der Waals surface area contributed by atoms with Crippen LogP contribution in [0.15, 0.2) is 60.7 Å². The molecule has 0 radical (unpaired) electrons. The Bertz CT molecular complexity index is 1610. The summed E-state index contributed by atoms with van der Waals surface area (Å²) in [5.41, 5.74) is 1.13. The number of ether oxygens (including phenoxy) is 2. The number of hydrogen-bond acceptors (Lipinski definition) is 7. The van der Waals surface area contributed by atoms with Crippen LogP contribution in [0.1, 0.15) is 50.4 Å². The third-order valence-corrected chi connectivity index (χ3v) is 8.79. The van der Waals surface area contributed by atoms with E-state index in [1.807, 2.05) is 56.3 Å². The highest BCUT2D eigenvalue weighted by Gasteiger charge is 2.31. The Kier molecular flexibility index (Phi) is 11.9. The molecular formula is C34H46N4O7S. The third kappa shape index (κ3) is 9.34. The molecule has 0 saturated carbocycles. The Morgan fingerprint density at radius 1 is 1.11 bits per heavy atom. The zero-order chi connectivity index (χ0) is 33.4. The lowest BCUT2D eigenvalue weighted by Crippen LogP contribution is -2.48. The van der Waals surface area contributed by atoms with Gasteiger partial charge in [0.25, 0.3) is 5.91 Å². The van der Waals surface area contributed by atoms with Crippen LogP contribution in [0.25, 0.3) is 10.8 Å². The van der Waals surface area contributed by atoms with E-state index in [0.29, 0.717) is 24.5 Å². The molecule has 250 valence electrons. The number of carbonyl (C=O) groups is 2. The molecule has 3 aromatic rings. The summed E-state index contributed by atoms with van der Waals surface area (Å²) in [4.78, 5) is 30.7. The highest BCUT2D eigenvalue weighted by molar-refractivity contribution is 7.92. The van der Waals surface area contributed by atoms with Crippen LogP contribution in [-0.4, -0.2) is 93.1 Å². The standard InChI is InChI=1S/C34H46N4O7S/c1-23-20-38(24(2)22-39)33(40)29-19-27(36-46(5,42)43)16-17-31(29)45-25(3)11-8-9-18-44-32(23)21-37(4)34(41)35-30-15-10-13-26-12-6-7-14-28(26)30/h6-7,10,12-17,19,23-25,32,36,39H,8-9,11,18,20-22H2,1-5H3,(H,35,41)/t23-,24+,25-,32-/m1/s1. The Morgan fingerprint density at radius 3 is 2.59 bits per heavy atom. The number of likely N-dealkylation sites (N-methyl/N-ethyl adjacent to an activating group) is 1. The molecule has 0 aromatic heterocycles. The van der Waals surface area contributed by atoms with Crippen LogP contribution in [0.4, 0.5) is 16.2 Å². The van der Waals surface area contributed by atoms with Crippen molar-refractivity contribution in [2.75, 3.05) is 49.6 Å². The number of nitrogens with one attached hydrogen (secondary N) is 2. The van der Waals surface area contributed by atoms with Gasteiger partial charge in [0.1, 0.15) is 5.75 Å². The molecule has 4 atom stereocenters. The maximum atomic E-state index is 14.2. The molecule has 0 spiro atoms. The molecule has 1 aliphatic rings. The number of anilines is 2. The topological polar surface area (TPSA) is 138 Å². The van der Waals surface area contributed by atoms with E-state index in [0.717, 1.165) is 29.9 Å². The fraction of sp³-hybridized carbons (Fsp3) is 0.471. The highest BCUT2D eigenvalue weighted by Crippen LogP contribution is 2.29. The number of benzene rings is 3. The summed E-state index contributed by atoms with van der Waals surface area (Å²) in [6.07, 6.45) is 2.72. The Hall–Kier alpha value is -3.87. The summed E-state index contributed by atoms with van der Waals surface area (Å²) in [5, 5.41) is 15.1. The van der Waals surface area contributed by atoms with Crippen molar-refractivity contribution < 1.29 is 32.6 Å². The molecule has 11 nitrogen and oxygen atoms in total. The quantitative estimate of drug-likeness (QED) is 0.320. The largest absolute Gasteiger partial charge is 0.490 e. The van der Waals surface area contributed by atoms with Gasteiger partial charge >= 0.3 is 6.03 Å². The predicted octanol–water partition coefficient (Wildman–Crippen LogP) is 5.17. The number of nitrogens with zero attached hydrogens (tertiary/aromatic N) is 2. The maximum absolute atomic E-state index is 14.2. The Labute approximate surface area is 271 Å². The summed E-state index contributed by atoms with van der Waals surface area (Å²) in [5.74, 6) is -0.311. The first-order valence-electron chi connectivity index (χ1n) is 15.7. The molecule has 0 unspecified atom stereocenters. The summed E-state index contributed by atoms with van der Waals surface area (Å²) in [6, 6.07) is 17.4. The highest BCUT2D eigenvalue weighted by atomic mass is 32.2. The van der Waals surface area contributed by atoms with Gasteiger partial charge in [0.15, 0.2) is 0 Å². The molecule has 3 amide bonds. The first-order valence-corrected chi connectivity index (χ1v) is 17.6. The van der Waals surface area contributed by atoms with Crippen molar-refractivity contribution in [2.45, 2.75) is 58.3 Å². The summed E-state index contributed by atoms with van der Waals surface area (Å²) in [6.45, 7) is 6.29. The van der Waals surface area contributed by atoms with E-state index < -0.39 is 28.1 Å². The number of urea groups is 1. The van der Waals surface area contributed by atoms with Crippen molar-refractivity contribution in [3.8, 4) is 5.75 Å². The Balaban J connectivity index is 1.60. The van der Waals surface area contributed by atoms with Crippen LogP contribution in [-0.2, 0) is 14.8 Å².